The van der Waals surface area contributed by atoms with Crippen molar-refractivity contribution in [2.24, 2.45) is 0 Å². The van der Waals surface area contributed by atoms with Gasteiger partial charge in [0.25, 0.3) is 0 Å². The summed E-state index contributed by atoms with van der Waals surface area (Å²) in [6, 6.07) is -1.16. The van der Waals surface area contributed by atoms with E-state index in [1.807, 2.05) is 19.0 Å². The number of aliphatic carboxylic acids is 1. The van der Waals surface area contributed by atoms with Crippen molar-refractivity contribution in [1.82, 2.24) is 15.1 Å². The van der Waals surface area contributed by atoms with Crippen LogP contribution in [-0.4, -0.2) is 67.2 Å². The molecular formula is C10H21N3O3. The zero-order valence-electron chi connectivity index (χ0n) is 10.4. The van der Waals surface area contributed by atoms with Crippen molar-refractivity contribution < 1.29 is 14.7 Å². The maximum Gasteiger partial charge on any atom is 0.326 e. The number of amides is 2. The van der Waals surface area contributed by atoms with E-state index in [1.54, 1.807) is 14.0 Å². The van der Waals surface area contributed by atoms with Gasteiger partial charge in [-0.25, -0.2) is 9.59 Å². The second-order valence-corrected chi connectivity index (χ2v) is 3.97. The van der Waals surface area contributed by atoms with E-state index in [0.717, 1.165) is 6.54 Å². The van der Waals surface area contributed by atoms with Crippen molar-refractivity contribution in [2.45, 2.75) is 19.4 Å². The molecule has 0 aromatic carbocycles. The number of hydrogen-bond acceptors (Lipinski definition) is 3. The number of nitrogens with one attached hydrogen (secondary N) is 1. The van der Waals surface area contributed by atoms with Crippen LogP contribution in [0, 0.1) is 0 Å². The standard InChI is InChI=1S/C10H21N3O3/c1-5-8(9(14)15)11-10(16)13(4)7-6-12(2)3/h8H,5-7H2,1-4H3,(H,11,16)(H,14,15)/t8-/m0/s1. The Balaban J connectivity index is 4.08. The second kappa shape index (κ2) is 7.05. The van der Waals surface area contributed by atoms with Crippen LogP contribution >= 0.6 is 0 Å². The van der Waals surface area contributed by atoms with E-state index in [1.165, 1.54) is 4.90 Å². The van der Waals surface area contributed by atoms with Crippen molar-refractivity contribution in [1.29, 1.82) is 0 Å². The fraction of sp³-hybridized carbons (Fsp3) is 0.800. The Hall–Kier alpha value is -1.30. The molecule has 0 saturated carbocycles. The molecule has 0 aliphatic heterocycles. The van der Waals surface area contributed by atoms with E-state index < -0.39 is 12.0 Å². The largest absolute Gasteiger partial charge is 0.480 e. The molecule has 0 saturated heterocycles. The summed E-state index contributed by atoms with van der Waals surface area (Å²) in [7, 11) is 5.48. The molecule has 2 amide bonds. The first-order chi connectivity index (χ1) is 7.38. The van der Waals surface area contributed by atoms with E-state index in [-0.39, 0.29) is 6.03 Å². The van der Waals surface area contributed by atoms with Gasteiger partial charge in [0.1, 0.15) is 6.04 Å². The van der Waals surface area contributed by atoms with Crippen molar-refractivity contribution in [3.8, 4) is 0 Å². The van der Waals surface area contributed by atoms with Gasteiger partial charge < -0.3 is 20.2 Å². The third-order valence-corrected chi connectivity index (χ3v) is 2.23. The van der Waals surface area contributed by atoms with Gasteiger partial charge in [-0.3, -0.25) is 0 Å². The Bertz CT molecular complexity index is 243. The first-order valence-electron chi connectivity index (χ1n) is 5.27. The minimum absolute atomic E-state index is 0.351. The molecule has 6 nitrogen and oxygen atoms in total. The van der Waals surface area contributed by atoms with Crippen LogP contribution in [0.2, 0.25) is 0 Å². The lowest BCUT2D eigenvalue weighted by Gasteiger charge is -2.22. The molecule has 0 aliphatic rings. The molecule has 6 heteroatoms. The summed E-state index contributed by atoms with van der Waals surface area (Å²) in [6.45, 7) is 3.03. The van der Waals surface area contributed by atoms with Gasteiger partial charge in [-0.1, -0.05) is 6.92 Å². The predicted octanol–water partition coefficient (Wildman–Crippen LogP) is 0.0526. The Morgan fingerprint density at radius 1 is 1.25 bits per heavy atom. The molecule has 0 radical (unpaired) electrons. The van der Waals surface area contributed by atoms with Gasteiger partial charge in [0.15, 0.2) is 0 Å². The van der Waals surface area contributed by atoms with Crippen LogP contribution in [0.25, 0.3) is 0 Å². The van der Waals surface area contributed by atoms with Gasteiger partial charge in [-0.05, 0) is 20.5 Å². The first-order valence-corrected chi connectivity index (χ1v) is 5.27. The molecule has 94 valence electrons. The summed E-state index contributed by atoms with van der Waals surface area (Å²) in [5.41, 5.74) is 0. The number of carbonyl (C=O) groups is 2. The van der Waals surface area contributed by atoms with Gasteiger partial charge in [0, 0.05) is 20.1 Å². The molecule has 0 spiro atoms. The van der Waals surface area contributed by atoms with E-state index in [0.29, 0.717) is 13.0 Å². The number of hydrogen-bond donors (Lipinski definition) is 2. The van der Waals surface area contributed by atoms with Crippen LogP contribution < -0.4 is 5.32 Å². The number of nitrogens with zero attached hydrogens (tertiary/aromatic N) is 2. The number of carboxylic acids is 1. The van der Waals surface area contributed by atoms with Crippen molar-refractivity contribution in [3.63, 3.8) is 0 Å². The highest BCUT2D eigenvalue weighted by Gasteiger charge is 2.19. The van der Waals surface area contributed by atoms with E-state index in [4.69, 9.17) is 5.11 Å². The number of carbonyl (C=O) groups excluding carboxylic acids is 1. The molecule has 0 rings (SSSR count). The number of urea groups is 1. The maximum atomic E-state index is 11.6. The first kappa shape index (κ1) is 14.7. The lowest BCUT2D eigenvalue weighted by Crippen LogP contribution is -2.47. The third-order valence-electron chi connectivity index (χ3n) is 2.23. The number of rotatable bonds is 6. The smallest absolute Gasteiger partial charge is 0.326 e. The van der Waals surface area contributed by atoms with E-state index in [2.05, 4.69) is 5.32 Å². The predicted molar refractivity (Wildman–Crippen MR) is 61.4 cm³/mol. The SMILES string of the molecule is CC[C@H](NC(=O)N(C)CCN(C)C)C(=O)O. The average Bonchev–Trinajstić information content (AvgIpc) is 2.21. The lowest BCUT2D eigenvalue weighted by atomic mass is 10.2. The van der Waals surface area contributed by atoms with Crippen LogP contribution in [0.5, 0.6) is 0 Å². The molecule has 0 aromatic rings. The normalized spacial score (nSPS) is 12.3. The summed E-state index contributed by atoms with van der Waals surface area (Å²) in [5, 5.41) is 11.2. The molecule has 0 aliphatic carbocycles. The number of likely N-dealkylation sites (N-methyl/N-ethyl adjacent to an activating group) is 2. The van der Waals surface area contributed by atoms with Crippen molar-refractivity contribution in [2.75, 3.05) is 34.2 Å². The molecule has 0 fully saturated rings. The number of carboxylic acid groups (broad SMARTS) is 1. The minimum atomic E-state index is -1.00. The zero-order chi connectivity index (χ0) is 12.7. The fourth-order valence-electron chi connectivity index (χ4n) is 1.05. The molecule has 1 atom stereocenters. The third kappa shape index (κ3) is 5.55. The van der Waals surface area contributed by atoms with E-state index >= 15 is 0 Å². The summed E-state index contributed by atoms with van der Waals surface area (Å²) < 4.78 is 0. The summed E-state index contributed by atoms with van der Waals surface area (Å²) in [4.78, 5) is 25.7. The zero-order valence-corrected chi connectivity index (χ0v) is 10.4. The molecular weight excluding hydrogens is 210 g/mol. The van der Waals surface area contributed by atoms with Crippen LogP contribution in [0.3, 0.4) is 0 Å². The average molecular weight is 231 g/mol. The summed E-state index contributed by atoms with van der Waals surface area (Å²) in [6.07, 6.45) is 0.378. The minimum Gasteiger partial charge on any atom is -0.480 e. The highest BCUT2D eigenvalue weighted by molar-refractivity contribution is 5.82. The molecule has 0 unspecified atom stereocenters. The molecule has 0 heterocycles. The lowest BCUT2D eigenvalue weighted by molar-refractivity contribution is -0.139. The van der Waals surface area contributed by atoms with Crippen LogP contribution in [-0.2, 0) is 4.79 Å². The van der Waals surface area contributed by atoms with Crippen LogP contribution in [0.1, 0.15) is 13.3 Å². The van der Waals surface area contributed by atoms with Gasteiger partial charge in [-0.2, -0.15) is 0 Å². The Morgan fingerprint density at radius 3 is 2.19 bits per heavy atom. The summed E-state index contributed by atoms with van der Waals surface area (Å²) >= 11 is 0. The Kier molecular flexibility index (Phi) is 6.48. The van der Waals surface area contributed by atoms with Crippen molar-refractivity contribution >= 4 is 12.0 Å². The van der Waals surface area contributed by atoms with Crippen molar-refractivity contribution in [3.05, 3.63) is 0 Å². The van der Waals surface area contributed by atoms with Gasteiger partial charge in [0.2, 0.25) is 0 Å². The second-order valence-electron chi connectivity index (χ2n) is 3.97. The molecule has 16 heavy (non-hydrogen) atoms. The molecule has 0 aromatic heterocycles. The molecule has 2 N–H and O–H groups in total. The van der Waals surface area contributed by atoms with Gasteiger partial charge in [0.05, 0.1) is 0 Å². The summed E-state index contributed by atoms with van der Waals surface area (Å²) in [5.74, 6) is -1.00. The fourth-order valence-corrected chi connectivity index (χ4v) is 1.05. The van der Waals surface area contributed by atoms with Crippen LogP contribution in [0.4, 0.5) is 4.79 Å². The van der Waals surface area contributed by atoms with Gasteiger partial charge in [-0.15, -0.1) is 0 Å². The maximum absolute atomic E-state index is 11.6. The topological polar surface area (TPSA) is 72.9 Å². The Morgan fingerprint density at radius 2 is 1.81 bits per heavy atom. The monoisotopic (exact) mass is 231 g/mol. The highest BCUT2D eigenvalue weighted by atomic mass is 16.4. The highest BCUT2D eigenvalue weighted by Crippen LogP contribution is 1.94. The quantitative estimate of drug-likeness (QED) is 0.677. The van der Waals surface area contributed by atoms with Crippen LogP contribution in [0.15, 0.2) is 0 Å². The molecule has 0 bridgehead atoms. The Labute approximate surface area is 96.2 Å². The van der Waals surface area contributed by atoms with E-state index in [9.17, 15) is 9.59 Å². The van der Waals surface area contributed by atoms with Gasteiger partial charge >= 0.3 is 12.0 Å².